The number of nitrogens with one attached hydrogen (secondary N) is 2. The number of allylic oxidation sites excluding steroid dienone is 1. The Kier molecular flexibility index (Phi) is 6.67. The van der Waals surface area contributed by atoms with Gasteiger partial charge in [0.25, 0.3) is 0 Å². The molecule has 2 aromatic rings. The van der Waals surface area contributed by atoms with Gasteiger partial charge in [-0.05, 0) is 41.8 Å². The summed E-state index contributed by atoms with van der Waals surface area (Å²) in [6.07, 6.45) is 2.06. The second kappa shape index (κ2) is 9.46. The van der Waals surface area contributed by atoms with Crippen LogP contribution in [0.4, 0.5) is 11.4 Å². The van der Waals surface area contributed by atoms with Gasteiger partial charge < -0.3 is 20.3 Å². The quantitative estimate of drug-likeness (QED) is 0.604. The van der Waals surface area contributed by atoms with Crippen LogP contribution in [0.25, 0.3) is 0 Å². The number of Topliss-reactive ketones (excluding diaryl/α,β-unsaturated/α-hetero) is 1. The van der Waals surface area contributed by atoms with E-state index in [4.69, 9.17) is 4.74 Å². The molecule has 1 amide bonds. The Bertz CT molecular complexity index is 1010. The van der Waals surface area contributed by atoms with Gasteiger partial charge in [0.1, 0.15) is 0 Å². The SMILES string of the molecule is COCCCNC(=O)CN1c2ccccc2NC2=C(C(=O)CC(C)(C)C2)C1c1cccs1. The van der Waals surface area contributed by atoms with Crippen molar-refractivity contribution in [2.24, 2.45) is 5.41 Å². The van der Waals surface area contributed by atoms with Crippen LogP contribution in [-0.2, 0) is 14.3 Å². The first-order chi connectivity index (χ1) is 15.4. The van der Waals surface area contributed by atoms with E-state index in [9.17, 15) is 9.59 Å². The molecule has 1 aromatic carbocycles. The second-order valence-electron chi connectivity index (χ2n) is 9.22. The number of para-hydroxylation sites is 2. The molecule has 1 aliphatic carbocycles. The molecule has 0 saturated heterocycles. The number of carbonyl (C=O) groups is 2. The van der Waals surface area contributed by atoms with Crippen molar-refractivity contribution < 1.29 is 14.3 Å². The number of anilines is 2. The Hall–Kier alpha value is -2.64. The second-order valence-corrected chi connectivity index (χ2v) is 10.2. The minimum atomic E-state index is -0.297. The molecule has 2 N–H and O–H groups in total. The largest absolute Gasteiger partial charge is 0.385 e. The minimum Gasteiger partial charge on any atom is -0.385 e. The third-order valence-electron chi connectivity index (χ3n) is 5.98. The molecule has 6 nitrogen and oxygen atoms in total. The van der Waals surface area contributed by atoms with Gasteiger partial charge in [0.2, 0.25) is 5.91 Å². The molecule has 170 valence electrons. The number of fused-ring (bicyclic) bond motifs is 1. The molecule has 32 heavy (non-hydrogen) atoms. The van der Waals surface area contributed by atoms with Gasteiger partial charge in [-0.1, -0.05) is 32.0 Å². The van der Waals surface area contributed by atoms with E-state index in [-0.39, 0.29) is 29.7 Å². The van der Waals surface area contributed by atoms with Crippen LogP contribution in [0.3, 0.4) is 0 Å². The minimum absolute atomic E-state index is 0.0647. The molecule has 0 bridgehead atoms. The predicted molar refractivity (Wildman–Crippen MR) is 129 cm³/mol. The van der Waals surface area contributed by atoms with E-state index in [1.807, 2.05) is 35.7 Å². The molecule has 7 heteroatoms. The summed E-state index contributed by atoms with van der Waals surface area (Å²) in [7, 11) is 1.66. The van der Waals surface area contributed by atoms with Gasteiger partial charge >= 0.3 is 0 Å². The summed E-state index contributed by atoms with van der Waals surface area (Å²) < 4.78 is 5.08. The molecule has 2 heterocycles. The van der Waals surface area contributed by atoms with Crippen molar-refractivity contribution in [3.63, 3.8) is 0 Å². The number of ketones is 1. The number of nitrogens with zero attached hydrogens (tertiary/aromatic N) is 1. The van der Waals surface area contributed by atoms with Crippen LogP contribution in [0.5, 0.6) is 0 Å². The third-order valence-corrected chi connectivity index (χ3v) is 6.90. The Morgan fingerprint density at radius 1 is 1.25 bits per heavy atom. The number of hydrogen-bond donors (Lipinski definition) is 2. The Labute approximate surface area is 193 Å². The highest BCUT2D eigenvalue weighted by Crippen LogP contribution is 2.48. The van der Waals surface area contributed by atoms with Crippen LogP contribution in [0, 0.1) is 5.41 Å². The lowest BCUT2D eigenvalue weighted by atomic mass is 9.74. The van der Waals surface area contributed by atoms with Crippen LogP contribution in [-0.4, -0.2) is 38.5 Å². The zero-order valence-electron chi connectivity index (χ0n) is 18.9. The van der Waals surface area contributed by atoms with Crippen molar-refractivity contribution in [1.29, 1.82) is 0 Å². The average Bonchev–Trinajstić information content (AvgIpc) is 3.22. The van der Waals surface area contributed by atoms with Gasteiger partial charge in [-0.3, -0.25) is 9.59 Å². The number of carbonyl (C=O) groups excluding carboxylic acids is 2. The summed E-state index contributed by atoms with van der Waals surface area (Å²) in [4.78, 5) is 29.6. The van der Waals surface area contributed by atoms with Crippen LogP contribution >= 0.6 is 11.3 Å². The lowest BCUT2D eigenvalue weighted by molar-refractivity contribution is -0.120. The first kappa shape index (κ1) is 22.6. The fourth-order valence-electron chi connectivity index (χ4n) is 4.62. The van der Waals surface area contributed by atoms with Crippen molar-refractivity contribution in [2.45, 2.75) is 39.2 Å². The standard InChI is InChI=1S/C25H31N3O3S/c1-25(2)14-18-23(20(29)15-25)24(21-10-6-13-32-21)28(16-22(30)26-11-7-12-31-3)19-9-5-4-8-17(19)27-18/h4-6,8-10,13,24,27H,7,11-12,14-16H2,1-3H3,(H,26,30). The smallest absolute Gasteiger partial charge is 0.239 e. The van der Waals surface area contributed by atoms with Crippen molar-refractivity contribution in [3.05, 3.63) is 57.9 Å². The van der Waals surface area contributed by atoms with Crippen LogP contribution in [0.1, 0.15) is 44.0 Å². The van der Waals surface area contributed by atoms with E-state index in [1.54, 1.807) is 18.4 Å². The molecule has 0 radical (unpaired) electrons. The highest BCUT2D eigenvalue weighted by atomic mass is 32.1. The Morgan fingerprint density at radius 3 is 2.81 bits per heavy atom. The maximum atomic E-state index is 13.5. The molecule has 1 aromatic heterocycles. The number of rotatable bonds is 7. The molecule has 0 fully saturated rings. The van der Waals surface area contributed by atoms with Crippen LogP contribution in [0.15, 0.2) is 53.0 Å². The maximum absolute atomic E-state index is 13.5. The highest BCUT2D eigenvalue weighted by molar-refractivity contribution is 7.10. The van der Waals surface area contributed by atoms with Crippen molar-refractivity contribution in [1.82, 2.24) is 5.32 Å². The fourth-order valence-corrected chi connectivity index (χ4v) is 5.47. The lowest BCUT2D eigenvalue weighted by Crippen LogP contribution is -2.42. The van der Waals surface area contributed by atoms with Crippen molar-refractivity contribution >= 4 is 34.4 Å². The molecule has 1 aliphatic heterocycles. The van der Waals surface area contributed by atoms with E-state index in [1.165, 1.54) is 0 Å². The molecule has 0 saturated carbocycles. The molecule has 0 spiro atoms. The number of thiophene rings is 1. The van der Waals surface area contributed by atoms with Gasteiger partial charge in [-0.2, -0.15) is 0 Å². The third kappa shape index (κ3) is 4.74. The van der Waals surface area contributed by atoms with Gasteiger partial charge in [-0.25, -0.2) is 0 Å². The number of amides is 1. The van der Waals surface area contributed by atoms with Crippen molar-refractivity contribution in [3.8, 4) is 0 Å². The average molecular weight is 454 g/mol. The lowest BCUT2D eigenvalue weighted by Gasteiger charge is -2.37. The molecule has 1 unspecified atom stereocenters. The normalized spacial score (nSPS) is 19.7. The first-order valence-corrected chi connectivity index (χ1v) is 12.0. The monoisotopic (exact) mass is 453 g/mol. The number of methoxy groups -OCH3 is 1. The summed E-state index contributed by atoms with van der Waals surface area (Å²) in [5.41, 5.74) is 3.51. The molecular weight excluding hydrogens is 422 g/mol. The fraction of sp³-hybridized carbons (Fsp3) is 0.440. The zero-order valence-corrected chi connectivity index (χ0v) is 19.8. The van der Waals surface area contributed by atoms with E-state index in [2.05, 4.69) is 35.4 Å². The van der Waals surface area contributed by atoms with Crippen LogP contribution in [0.2, 0.25) is 0 Å². The van der Waals surface area contributed by atoms with E-state index < -0.39 is 0 Å². The topological polar surface area (TPSA) is 70.7 Å². The Morgan fingerprint density at radius 2 is 2.06 bits per heavy atom. The highest BCUT2D eigenvalue weighted by Gasteiger charge is 2.42. The first-order valence-electron chi connectivity index (χ1n) is 11.1. The maximum Gasteiger partial charge on any atom is 0.239 e. The van der Waals surface area contributed by atoms with Gasteiger partial charge in [-0.15, -0.1) is 11.3 Å². The number of hydrogen-bond acceptors (Lipinski definition) is 6. The van der Waals surface area contributed by atoms with Gasteiger partial charge in [0.05, 0.1) is 24.0 Å². The van der Waals surface area contributed by atoms with E-state index >= 15 is 0 Å². The van der Waals surface area contributed by atoms with E-state index in [0.717, 1.165) is 40.4 Å². The summed E-state index contributed by atoms with van der Waals surface area (Å²) >= 11 is 1.62. The molecule has 4 rings (SSSR count). The van der Waals surface area contributed by atoms with Crippen molar-refractivity contribution in [2.75, 3.05) is 37.0 Å². The van der Waals surface area contributed by atoms with Gasteiger partial charge in [0, 0.05) is 42.8 Å². The summed E-state index contributed by atoms with van der Waals surface area (Å²) in [6, 6.07) is 11.8. The summed E-state index contributed by atoms with van der Waals surface area (Å²) in [6.45, 7) is 5.61. The van der Waals surface area contributed by atoms with Gasteiger partial charge in [0.15, 0.2) is 5.78 Å². The molecule has 1 atom stereocenters. The summed E-state index contributed by atoms with van der Waals surface area (Å²) in [5, 5.41) is 8.60. The molecular formula is C25H31N3O3S. The number of ether oxygens (including phenoxy) is 1. The Balaban J connectivity index is 1.76. The zero-order chi connectivity index (χ0) is 22.7. The summed E-state index contributed by atoms with van der Waals surface area (Å²) in [5.74, 6) is 0.0885. The number of benzene rings is 1. The van der Waals surface area contributed by atoms with Crippen LogP contribution < -0.4 is 15.5 Å². The van der Waals surface area contributed by atoms with E-state index in [0.29, 0.717) is 19.6 Å². The molecule has 2 aliphatic rings. The predicted octanol–water partition coefficient (Wildman–Crippen LogP) is 4.52.